The van der Waals surface area contributed by atoms with Gasteiger partial charge < -0.3 is 21.3 Å². The Morgan fingerprint density at radius 1 is 1.24 bits per heavy atom. The Bertz CT molecular complexity index is 1040. The third kappa shape index (κ3) is 3.92. The van der Waals surface area contributed by atoms with Crippen LogP contribution in [0.1, 0.15) is 24.6 Å². The van der Waals surface area contributed by atoms with Gasteiger partial charge >= 0.3 is 0 Å². The van der Waals surface area contributed by atoms with Gasteiger partial charge in [-0.15, -0.1) is 0 Å². The first-order valence-electron chi connectivity index (χ1n) is 9.66. The Morgan fingerprint density at radius 2 is 2.07 bits per heavy atom. The monoisotopic (exact) mass is 385 g/mol. The van der Waals surface area contributed by atoms with Crippen LogP contribution in [0.4, 0.5) is 28.4 Å². The Kier molecular flexibility index (Phi) is 5.16. The molecule has 0 saturated heterocycles. The van der Waals surface area contributed by atoms with Crippen molar-refractivity contribution in [1.29, 1.82) is 5.26 Å². The molecule has 0 radical (unpaired) electrons. The molecule has 3 heterocycles. The summed E-state index contributed by atoms with van der Waals surface area (Å²) < 4.78 is 0. The van der Waals surface area contributed by atoms with Crippen molar-refractivity contribution in [3.8, 4) is 6.07 Å². The Labute approximate surface area is 170 Å². The van der Waals surface area contributed by atoms with Crippen LogP contribution in [0.2, 0.25) is 0 Å². The van der Waals surface area contributed by atoms with E-state index in [4.69, 9.17) is 11.0 Å². The molecular weight excluding hydrogens is 362 g/mol. The molecule has 146 valence electrons. The Morgan fingerprint density at radius 3 is 2.83 bits per heavy atom. The van der Waals surface area contributed by atoms with E-state index >= 15 is 0 Å². The average Bonchev–Trinajstić information content (AvgIpc) is 3.08. The molecule has 2 aromatic heterocycles. The van der Waals surface area contributed by atoms with Crippen molar-refractivity contribution in [1.82, 2.24) is 9.97 Å². The number of nitriles is 1. The summed E-state index contributed by atoms with van der Waals surface area (Å²) in [5, 5.41) is 15.8. The smallest absolute Gasteiger partial charge is 0.105 e. The van der Waals surface area contributed by atoms with Gasteiger partial charge in [-0.3, -0.25) is 9.97 Å². The van der Waals surface area contributed by atoms with Crippen LogP contribution in [0, 0.1) is 11.3 Å². The van der Waals surface area contributed by atoms with Crippen molar-refractivity contribution in [2.45, 2.75) is 25.9 Å². The molecule has 0 saturated carbocycles. The van der Waals surface area contributed by atoms with Gasteiger partial charge in [-0.05, 0) is 42.8 Å². The van der Waals surface area contributed by atoms with E-state index in [0.717, 1.165) is 42.1 Å². The van der Waals surface area contributed by atoms with E-state index in [-0.39, 0.29) is 6.17 Å². The normalized spacial score (nSPS) is 14.8. The zero-order chi connectivity index (χ0) is 20.2. The Hall–Kier alpha value is -3.79. The molecule has 0 fully saturated rings. The molecule has 0 aliphatic carbocycles. The number of pyridine rings is 2. The van der Waals surface area contributed by atoms with Crippen LogP contribution in [0.15, 0.2) is 55.0 Å². The number of aromatic nitrogens is 2. The maximum atomic E-state index is 8.95. The summed E-state index contributed by atoms with van der Waals surface area (Å²) >= 11 is 0. The van der Waals surface area contributed by atoms with E-state index in [9.17, 15) is 0 Å². The zero-order valence-corrected chi connectivity index (χ0v) is 16.3. The lowest BCUT2D eigenvalue weighted by atomic mass is 10.1. The first kappa shape index (κ1) is 18.6. The molecule has 7 nitrogen and oxygen atoms in total. The summed E-state index contributed by atoms with van der Waals surface area (Å²) in [5.41, 5.74) is 12.2. The van der Waals surface area contributed by atoms with Crippen molar-refractivity contribution in [2.75, 3.05) is 27.8 Å². The highest BCUT2D eigenvalue weighted by molar-refractivity contribution is 5.75. The fraction of sp³-hybridized carbons (Fsp3) is 0.227. The number of nitrogens with one attached hydrogen (secondary N) is 2. The van der Waals surface area contributed by atoms with Gasteiger partial charge in [0.1, 0.15) is 6.17 Å². The van der Waals surface area contributed by atoms with E-state index in [1.807, 2.05) is 36.7 Å². The van der Waals surface area contributed by atoms with Gasteiger partial charge in [0.25, 0.3) is 0 Å². The number of hydrogen-bond acceptors (Lipinski definition) is 7. The molecule has 1 aliphatic heterocycles. The molecular formula is C22H23N7. The van der Waals surface area contributed by atoms with Crippen LogP contribution in [-0.4, -0.2) is 22.7 Å². The summed E-state index contributed by atoms with van der Waals surface area (Å²) in [7, 11) is 0. The second-order valence-electron chi connectivity index (χ2n) is 7.03. The Balaban J connectivity index is 1.53. The lowest BCUT2D eigenvalue weighted by Gasteiger charge is -2.26. The van der Waals surface area contributed by atoms with Crippen LogP contribution in [0.5, 0.6) is 0 Å². The molecule has 4 N–H and O–H groups in total. The molecule has 1 aliphatic rings. The predicted octanol–water partition coefficient (Wildman–Crippen LogP) is 3.88. The topological polar surface area (TPSA) is 103 Å². The summed E-state index contributed by atoms with van der Waals surface area (Å²) in [4.78, 5) is 11.1. The molecule has 1 unspecified atom stereocenters. The zero-order valence-electron chi connectivity index (χ0n) is 16.3. The lowest BCUT2D eigenvalue weighted by molar-refractivity contribution is 0.650. The van der Waals surface area contributed by atoms with Gasteiger partial charge in [-0.2, -0.15) is 5.26 Å². The molecule has 1 atom stereocenters. The molecule has 29 heavy (non-hydrogen) atoms. The van der Waals surface area contributed by atoms with Gasteiger partial charge in [-0.25, -0.2) is 0 Å². The maximum Gasteiger partial charge on any atom is 0.105 e. The molecule has 7 heteroatoms. The number of hydrogen-bond donors (Lipinski definition) is 3. The van der Waals surface area contributed by atoms with E-state index in [2.05, 4.69) is 38.5 Å². The number of benzene rings is 1. The second-order valence-corrected chi connectivity index (χ2v) is 7.03. The maximum absolute atomic E-state index is 8.95. The number of nitrogen functional groups attached to an aromatic ring is 1. The number of nitrogens with zero attached hydrogens (tertiary/aromatic N) is 4. The largest absolute Gasteiger partial charge is 0.396 e. The van der Waals surface area contributed by atoms with Gasteiger partial charge in [0, 0.05) is 30.5 Å². The SMILES string of the molecule is CCCN1c2ccncc2NC1Cc1cc(Nc2ccc(C#N)cc2)c(N)cn1. The van der Waals surface area contributed by atoms with Crippen LogP contribution >= 0.6 is 0 Å². The standard InChI is InChI=1S/C22H23N7/c1-2-9-29-21-7-8-25-14-20(21)28-22(29)11-17-10-19(18(24)13-26-17)27-16-5-3-15(12-23)4-6-16/h3-8,10,13-14,22,28H,2,9,11,24H2,1H3,(H,26,27). The number of fused-ring (bicyclic) bond motifs is 1. The number of nitrogens with two attached hydrogens (primary N) is 1. The molecule has 0 spiro atoms. The van der Waals surface area contributed by atoms with E-state index in [1.165, 1.54) is 5.69 Å². The summed E-state index contributed by atoms with van der Waals surface area (Å²) in [6.07, 6.45) is 7.29. The van der Waals surface area contributed by atoms with Gasteiger partial charge in [-0.1, -0.05) is 6.92 Å². The van der Waals surface area contributed by atoms with Crippen LogP contribution < -0.4 is 21.3 Å². The molecule has 0 bridgehead atoms. The van der Waals surface area contributed by atoms with Crippen molar-refractivity contribution in [3.63, 3.8) is 0 Å². The van der Waals surface area contributed by atoms with Crippen LogP contribution in [0.3, 0.4) is 0 Å². The van der Waals surface area contributed by atoms with Crippen molar-refractivity contribution in [3.05, 3.63) is 66.2 Å². The first-order chi connectivity index (χ1) is 14.2. The van der Waals surface area contributed by atoms with Gasteiger partial charge in [0.05, 0.1) is 46.8 Å². The van der Waals surface area contributed by atoms with Crippen LogP contribution in [-0.2, 0) is 6.42 Å². The lowest BCUT2D eigenvalue weighted by Crippen LogP contribution is -2.38. The molecule has 3 aromatic rings. The fourth-order valence-electron chi connectivity index (χ4n) is 3.56. The summed E-state index contributed by atoms with van der Waals surface area (Å²) in [5.74, 6) is 0. The summed E-state index contributed by atoms with van der Waals surface area (Å²) in [6, 6.07) is 13.4. The van der Waals surface area contributed by atoms with Crippen molar-refractivity contribution < 1.29 is 0 Å². The van der Waals surface area contributed by atoms with E-state index in [0.29, 0.717) is 11.3 Å². The van der Waals surface area contributed by atoms with Crippen molar-refractivity contribution in [2.24, 2.45) is 0 Å². The minimum absolute atomic E-state index is 0.119. The van der Waals surface area contributed by atoms with Crippen molar-refractivity contribution >= 4 is 28.4 Å². The predicted molar refractivity (Wildman–Crippen MR) is 116 cm³/mol. The summed E-state index contributed by atoms with van der Waals surface area (Å²) in [6.45, 7) is 3.14. The van der Waals surface area contributed by atoms with E-state index < -0.39 is 0 Å². The number of rotatable bonds is 6. The van der Waals surface area contributed by atoms with E-state index in [1.54, 1.807) is 18.3 Å². The quantitative estimate of drug-likeness (QED) is 0.591. The van der Waals surface area contributed by atoms with Gasteiger partial charge in [0.15, 0.2) is 0 Å². The van der Waals surface area contributed by atoms with Gasteiger partial charge in [0.2, 0.25) is 0 Å². The third-order valence-corrected chi connectivity index (χ3v) is 4.96. The first-order valence-corrected chi connectivity index (χ1v) is 9.66. The molecule has 0 amide bonds. The second kappa shape index (κ2) is 8.07. The highest BCUT2D eigenvalue weighted by Crippen LogP contribution is 2.35. The third-order valence-electron chi connectivity index (χ3n) is 4.96. The molecule has 4 rings (SSSR count). The minimum atomic E-state index is 0.119. The minimum Gasteiger partial charge on any atom is -0.396 e. The number of anilines is 5. The highest BCUT2D eigenvalue weighted by Gasteiger charge is 2.28. The average molecular weight is 385 g/mol. The molecule has 1 aromatic carbocycles. The highest BCUT2D eigenvalue weighted by atomic mass is 15.3. The van der Waals surface area contributed by atoms with Crippen LogP contribution in [0.25, 0.3) is 0 Å². The fourth-order valence-corrected chi connectivity index (χ4v) is 3.56.